The molecule has 41 heavy (non-hydrogen) atoms. The van der Waals surface area contributed by atoms with Gasteiger partial charge in [0.05, 0.1) is 17.1 Å². The molecule has 0 amide bonds. The van der Waals surface area contributed by atoms with E-state index in [1.54, 1.807) is 6.08 Å². The summed E-state index contributed by atoms with van der Waals surface area (Å²) >= 11 is 7.27. The number of anilines is 1. The number of alkyl halides is 6. The normalized spacial score (nSPS) is 14.6. The Kier molecular flexibility index (Phi) is 9.28. The predicted molar refractivity (Wildman–Crippen MR) is 150 cm³/mol. The molecular formula is C27H26ClF6N5OS. The van der Waals surface area contributed by atoms with Crippen molar-refractivity contribution in [2.45, 2.75) is 31.8 Å². The maximum absolute atomic E-state index is 14.6. The Balaban J connectivity index is 2.32. The molecule has 1 aromatic heterocycles. The predicted octanol–water partition coefficient (Wildman–Crippen LogP) is 7.06. The van der Waals surface area contributed by atoms with Crippen molar-refractivity contribution < 1.29 is 31.4 Å². The molecule has 5 N–H and O–H groups in total. The molecule has 0 aliphatic carbocycles. The highest BCUT2D eigenvalue weighted by molar-refractivity contribution is 8.02. The first-order valence-corrected chi connectivity index (χ1v) is 13.3. The van der Waals surface area contributed by atoms with E-state index in [4.69, 9.17) is 23.2 Å². The molecule has 0 saturated carbocycles. The smallest absolute Gasteiger partial charge is 0.403 e. The summed E-state index contributed by atoms with van der Waals surface area (Å²) in [5.41, 5.74) is -0.472. The van der Waals surface area contributed by atoms with Crippen molar-refractivity contribution >= 4 is 34.6 Å². The Hall–Kier alpha value is -3.39. The van der Waals surface area contributed by atoms with Gasteiger partial charge in [0, 0.05) is 17.4 Å². The summed E-state index contributed by atoms with van der Waals surface area (Å²) in [5.74, 6) is 6.14. The lowest BCUT2D eigenvalue weighted by Crippen LogP contribution is -2.52. The van der Waals surface area contributed by atoms with Crippen molar-refractivity contribution in [3.8, 4) is 5.69 Å². The molecule has 220 valence electrons. The number of allylic oxidation sites excluding steroid dienone is 3. The summed E-state index contributed by atoms with van der Waals surface area (Å²) in [6.07, 6.45) is -5.42. The second-order valence-electron chi connectivity index (χ2n) is 8.87. The second kappa shape index (κ2) is 11.8. The van der Waals surface area contributed by atoms with Gasteiger partial charge in [-0.2, -0.15) is 26.3 Å². The average molecular weight is 618 g/mol. The van der Waals surface area contributed by atoms with Gasteiger partial charge in [-0.05, 0) is 72.0 Å². The fraction of sp³-hybridized carbons (Fsp3) is 0.222. The number of aryl methyl sites for hydroxylation is 1. The van der Waals surface area contributed by atoms with E-state index in [0.717, 1.165) is 33.7 Å². The molecular weight excluding hydrogens is 592 g/mol. The zero-order valence-corrected chi connectivity index (χ0v) is 23.6. The Morgan fingerprint density at radius 3 is 2.22 bits per heavy atom. The van der Waals surface area contributed by atoms with Crippen LogP contribution in [0.15, 0.2) is 78.1 Å². The van der Waals surface area contributed by atoms with Gasteiger partial charge in [0.25, 0.3) is 0 Å². The number of nitrogens with two attached hydrogens (primary N) is 2. The second-order valence-corrected chi connectivity index (χ2v) is 10.4. The van der Waals surface area contributed by atoms with Crippen LogP contribution in [-0.4, -0.2) is 27.1 Å². The molecule has 0 aliphatic heterocycles. The van der Waals surface area contributed by atoms with Crippen LogP contribution in [0.3, 0.4) is 0 Å². The molecule has 0 spiro atoms. The number of benzene rings is 2. The number of hydrogen-bond acceptors (Lipinski definition) is 6. The van der Waals surface area contributed by atoms with Crippen LogP contribution in [0, 0.1) is 6.92 Å². The quantitative estimate of drug-likeness (QED) is 0.108. The zero-order valence-electron chi connectivity index (χ0n) is 22.0. The fourth-order valence-corrected chi connectivity index (χ4v) is 4.40. The average Bonchev–Trinajstić information content (AvgIpc) is 3.30. The highest BCUT2D eigenvalue weighted by atomic mass is 35.5. The third kappa shape index (κ3) is 6.43. The van der Waals surface area contributed by atoms with Gasteiger partial charge < -0.3 is 15.4 Å². The van der Waals surface area contributed by atoms with E-state index in [1.165, 1.54) is 36.9 Å². The van der Waals surface area contributed by atoms with Crippen LogP contribution in [-0.2, 0) is 11.8 Å². The first-order valence-electron chi connectivity index (χ1n) is 11.7. The number of nitrogens with zero attached hydrogens (tertiary/aromatic N) is 3. The van der Waals surface area contributed by atoms with Gasteiger partial charge >= 0.3 is 12.4 Å². The minimum atomic E-state index is -5.35. The van der Waals surface area contributed by atoms with Gasteiger partial charge in [0.15, 0.2) is 5.69 Å². The van der Waals surface area contributed by atoms with Crippen molar-refractivity contribution in [1.29, 1.82) is 0 Å². The molecule has 1 heterocycles. The molecule has 0 saturated heterocycles. The van der Waals surface area contributed by atoms with E-state index in [-0.39, 0.29) is 22.2 Å². The van der Waals surface area contributed by atoms with Gasteiger partial charge in [-0.3, -0.25) is 5.01 Å². The number of thioether (sulfide) groups is 1. The summed E-state index contributed by atoms with van der Waals surface area (Å²) in [6, 6.07) is 8.41. The van der Waals surface area contributed by atoms with Crippen molar-refractivity contribution in [2.75, 3.05) is 11.3 Å². The molecule has 14 heteroatoms. The van der Waals surface area contributed by atoms with Crippen molar-refractivity contribution in [3.05, 3.63) is 106 Å². The number of halogens is 7. The summed E-state index contributed by atoms with van der Waals surface area (Å²) in [6.45, 7) is 7.09. The van der Waals surface area contributed by atoms with Gasteiger partial charge in [-0.1, -0.05) is 36.4 Å². The molecule has 3 rings (SSSR count). The molecule has 0 aliphatic rings. The number of aliphatic hydroxyl groups is 1. The van der Waals surface area contributed by atoms with E-state index in [9.17, 15) is 31.4 Å². The maximum Gasteiger partial charge on any atom is 0.434 e. The van der Waals surface area contributed by atoms with Crippen molar-refractivity contribution in [2.24, 2.45) is 11.6 Å². The van der Waals surface area contributed by atoms with Crippen LogP contribution in [0.4, 0.5) is 32.0 Å². The number of rotatable bonds is 8. The maximum atomic E-state index is 14.6. The minimum absolute atomic E-state index is 0.0740. The Morgan fingerprint density at radius 1 is 1.12 bits per heavy atom. The first kappa shape index (κ1) is 32.1. The van der Waals surface area contributed by atoms with Gasteiger partial charge in [-0.25, -0.2) is 10.8 Å². The first-order chi connectivity index (χ1) is 18.9. The summed E-state index contributed by atoms with van der Waals surface area (Å²) in [7, 11) is 0. The lowest BCUT2D eigenvalue weighted by Gasteiger charge is -2.38. The summed E-state index contributed by atoms with van der Waals surface area (Å²) in [4.78, 5) is 4.41. The van der Waals surface area contributed by atoms with Crippen molar-refractivity contribution in [3.63, 3.8) is 0 Å². The lowest BCUT2D eigenvalue weighted by molar-refractivity contribution is -0.250. The van der Waals surface area contributed by atoms with Crippen LogP contribution >= 0.6 is 23.4 Å². The molecule has 3 aromatic rings. The topological polar surface area (TPSA) is 93.3 Å². The monoisotopic (exact) mass is 617 g/mol. The van der Waals surface area contributed by atoms with Crippen LogP contribution in [0.5, 0.6) is 0 Å². The van der Waals surface area contributed by atoms with E-state index < -0.39 is 34.9 Å². The Labute approximate surface area is 241 Å². The van der Waals surface area contributed by atoms with Gasteiger partial charge in [-0.15, -0.1) is 11.8 Å². The number of imidazole rings is 1. The molecule has 1 unspecified atom stereocenters. The van der Waals surface area contributed by atoms with E-state index >= 15 is 0 Å². The molecule has 6 nitrogen and oxygen atoms in total. The Morgan fingerprint density at radius 2 is 1.73 bits per heavy atom. The summed E-state index contributed by atoms with van der Waals surface area (Å²) in [5, 5.41) is 11.8. The lowest BCUT2D eigenvalue weighted by atomic mass is 9.89. The van der Waals surface area contributed by atoms with Gasteiger partial charge in [0.1, 0.15) is 5.82 Å². The molecule has 0 bridgehead atoms. The standard InChI is InChI=1S/C27H26ClF6N5OS/c1-15(11-16(2)41-4)18-5-10-21(38-14-23(26(29,30)31)37-17(38)3)22(12-18)39(36)24(13-35)25(40,27(32,33)34)19-6-8-20(28)9-7-19/h5-14,40H,1,35-36H2,2-4H3/b16-11+,24-13-. The highest BCUT2D eigenvalue weighted by Gasteiger charge is 2.59. The molecule has 2 aromatic carbocycles. The van der Waals surface area contributed by atoms with E-state index in [0.29, 0.717) is 28.5 Å². The number of hydrogen-bond donors (Lipinski definition) is 3. The summed E-state index contributed by atoms with van der Waals surface area (Å²) < 4.78 is 85.1. The third-order valence-corrected chi connectivity index (χ3v) is 7.21. The highest BCUT2D eigenvalue weighted by Crippen LogP contribution is 2.46. The van der Waals surface area contributed by atoms with Crippen molar-refractivity contribution in [1.82, 2.24) is 9.55 Å². The Bertz CT molecular complexity index is 1500. The van der Waals surface area contributed by atoms with Crippen LogP contribution in [0.25, 0.3) is 11.3 Å². The third-order valence-electron chi connectivity index (χ3n) is 6.20. The van der Waals surface area contributed by atoms with Crippen LogP contribution in [0.1, 0.15) is 29.6 Å². The van der Waals surface area contributed by atoms with Gasteiger partial charge in [0.2, 0.25) is 5.60 Å². The number of hydrazine groups is 1. The number of aromatic nitrogens is 2. The fourth-order valence-electron chi connectivity index (χ4n) is 4.01. The van der Waals surface area contributed by atoms with E-state index in [1.807, 2.05) is 13.2 Å². The molecule has 1 atom stereocenters. The molecule has 0 fully saturated rings. The van der Waals surface area contributed by atoms with E-state index in [2.05, 4.69) is 11.6 Å². The van der Waals surface area contributed by atoms with Crippen LogP contribution in [0.2, 0.25) is 5.02 Å². The largest absolute Gasteiger partial charge is 0.434 e. The minimum Gasteiger partial charge on any atom is -0.403 e. The van der Waals surface area contributed by atoms with Crippen LogP contribution < -0.4 is 16.6 Å². The zero-order chi connectivity index (χ0) is 30.9. The molecule has 0 radical (unpaired) electrons. The SMILES string of the molecule is C=C(/C=C(\C)SC)c1ccc(-n2cc(C(F)(F)F)nc2C)c(N(N)/C(=C\N)C(O)(c2ccc(Cl)cc2)C(F)(F)F)c1.